The molecule has 1 aliphatic heterocycles. The standard InChI is InChI=1S/C29H43NO12/c31-27-6-7-28(32)30(27)8-9-34-10-11-35-12-13-36-14-15-37-16-17-38-18-19-39-20-21-40-22-23-41-24-25-42-29(33)26-4-2-1-3-5-26/h1-7H,8-25H2. The molecular weight excluding hydrogens is 554 g/mol. The summed E-state index contributed by atoms with van der Waals surface area (Å²) in [6.45, 7) is 7.25. The minimum absolute atomic E-state index is 0.195. The Labute approximate surface area is 246 Å². The van der Waals surface area contributed by atoms with E-state index in [9.17, 15) is 14.4 Å². The second-order valence-electron chi connectivity index (χ2n) is 8.56. The summed E-state index contributed by atoms with van der Waals surface area (Å²) in [5.74, 6) is -0.982. The van der Waals surface area contributed by atoms with Crippen LogP contribution in [-0.4, -0.2) is 142 Å². The molecule has 0 atom stereocenters. The summed E-state index contributed by atoms with van der Waals surface area (Å²) in [5, 5.41) is 0. The van der Waals surface area contributed by atoms with E-state index in [0.29, 0.717) is 105 Å². The molecule has 42 heavy (non-hydrogen) atoms. The van der Waals surface area contributed by atoms with Crippen LogP contribution in [0.3, 0.4) is 0 Å². The van der Waals surface area contributed by atoms with Gasteiger partial charge in [-0.05, 0) is 12.1 Å². The van der Waals surface area contributed by atoms with Crippen molar-refractivity contribution in [1.82, 2.24) is 4.90 Å². The maximum atomic E-state index is 11.8. The van der Waals surface area contributed by atoms with E-state index in [4.69, 9.17) is 42.6 Å². The molecule has 13 heteroatoms. The number of rotatable bonds is 28. The molecule has 0 saturated heterocycles. The Hall–Kier alpha value is -2.75. The Balaban J connectivity index is 1.18. The lowest BCUT2D eigenvalue weighted by molar-refractivity contribution is -0.137. The number of esters is 1. The lowest BCUT2D eigenvalue weighted by Gasteiger charge is -2.13. The smallest absolute Gasteiger partial charge is 0.338 e. The van der Waals surface area contributed by atoms with Gasteiger partial charge in [-0.15, -0.1) is 0 Å². The second kappa shape index (κ2) is 24.8. The van der Waals surface area contributed by atoms with Crippen LogP contribution in [0, 0.1) is 0 Å². The van der Waals surface area contributed by atoms with E-state index in [1.165, 1.54) is 12.2 Å². The van der Waals surface area contributed by atoms with Crippen LogP contribution in [0.1, 0.15) is 10.4 Å². The third kappa shape index (κ3) is 17.9. The first-order valence-electron chi connectivity index (χ1n) is 14.1. The Morgan fingerprint density at radius 1 is 0.476 bits per heavy atom. The van der Waals surface area contributed by atoms with Crippen LogP contribution in [0.4, 0.5) is 0 Å². The van der Waals surface area contributed by atoms with E-state index in [0.717, 1.165) is 4.90 Å². The summed E-state index contributed by atoms with van der Waals surface area (Å²) >= 11 is 0. The largest absolute Gasteiger partial charge is 0.460 e. The molecule has 0 fully saturated rings. The number of hydrogen-bond acceptors (Lipinski definition) is 12. The lowest BCUT2D eigenvalue weighted by Crippen LogP contribution is -2.33. The number of carbonyl (C=O) groups excluding carboxylic acids is 3. The van der Waals surface area contributed by atoms with Crippen molar-refractivity contribution < 1.29 is 57.0 Å². The average molecular weight is 598 g/mol. The number of amides is 2. The quantitative estimate of drug-likeness (QED) is 0.0771. The molecule has 0 unspecified atom stereocenters. The van der Waals surface area contributed by atoms with Crippen molar-refractivity contribution in [2.24, 2.45) is 0 Å². The van der Waals surface area contributed by atoms with Gasteiger partial charge in [-0.1, -0.05) is 18.2 Å². The maximum Gasteiger partial charge on any atom is 0.338 e. The molecule has 2 rings (SSSR count). The highest BCUT2D eigenvalue weighted by molar-refractivity contribution is 6.12. The Bertz CT molecular complexity index is 865. The van der Waals surface area contributed by atoms with Crippen molar-refractivity contribution in [2.45, 2.75) is 0 Å². The van der Waals surface area contributed by atoms with Crippen LogP contribution >= 0.6 is 0 Å². The van der Waals surface area contributed by atoms with Crippen molar-refractivity contribution in [3.8, 4) is 0 Å². The molecule has 2 amide bonds. The Morgan fingerprint density at radius 2 is 0.810 bits per heavy atom. The normalized spacial score (nSPS) is 12.9. The van der Waals surface area contributed by atoms with Crippen molar-refractivity contribution >= 4 is 17.8 Å². The molecule has 0 bridgehead atoms. The van der Waals surface area contributed by atoms with Gasteiger partial charge in [-0.25, -0.2) is 4.79 Å². The molecule has 0 N–H and O–H groups in total. The third-order valence-electron chi connectivity index (χ3n) is 5.43. The van der Waals surface area contributed by atoms with Crippen molar-refractivity contribution in [3.05, 3.63) is 48.0 Å². The molecule has 0 aromatic heterocycles. The van der Waals surface area contributed by atoms with Crippen LogP contribution in [0.25, 0.3) is 0 Å². The van der Waals surface area contributed by atoms with Crippen LogP contribution < -0.4 is 0 Å². The SMILES string of the molecule is O=C(OCCOCCOCCOCCOCCOCCOCCOCCOCCN1C(=O)C=CC1=O)c1ccccc1. The zero-order valence-electron chi connectivity index (χ0n) is 24.1. The lowest BCUT2D eigenvalue weighted by atomic mass is 10.2. The molecule has 1 aliphatic rings. The van der Waals surface area contributed by atoms with Crippen LogP contribution in [0.15, 0.2) is 42.5 Å². The summed E-state index contributed by atoms with van der Waals surface area (Å²) in [4.78, 5) is 35.7. The summed E-state index contributed by atoms with van der Waals surface area (Å²) in [5.41, 5.74) is 0.519. The predicted molar refractivity (Wildman–Crippen MR) is 149 cm³/mol. The monoisotopic (exact) mass is 597 g/mol. The van der Waals surface area contributed by atoms with Gasteiger partial charge in [0.25, 0.3) is 11.8 Å². The molecule has 0 radical (unpaired) electrons. The summed E-state index contributed by atoms with van der Waals surface area (Å²) in [7, 11) is 0. The van der Waals surface area contributed by atoms with E-state index in [-0.39, 0.29) is 37.5 Å². The van der Waals surface area contributed by atoms with Crippen LogP contribution in [0.2, 0.25) is 0 Å². The van der Waals surface area contributed by atoms with Gasteiger partial charge in [0.2, 0.25) is 0 Å². The molecule has 0 aliphatic carbocycles. The van der Waals surface area contributed by atoms with Crippen molar-refractivity contribution in [1.29, 1.82) is 0 Å². The van der Waals surface area contributed by atoms with Gasteiger partial charge in [0.1, 0.15) is 6.61 Å². The van der Waals surface area contributed by atoms with Crippen molar-refractivity contribution in [3.63, 3.8) is 0 Å². The molecular formula is C29H43NO12. The van der Waals surface area contributed by atoms with Gasteiger partial charge >= 0.3 is 5.97 Å². The van der Waals surface area contributed by atoms with Crippen LogP contribution in [-0.2, 0) is 52.2 Å². The number of benzene rings is 1. The zero-order chi connectivity index (χ0) is 29.9. The second-order valence-corrected chi connectivity index (χ2v) is 8.56. The average Bonchev–Trinajstić information content (AvgIpc) is 3.33. The summed E-state index contributed by atoms with van der Waals surface area (Å²) < 4.78 is 48.4. The molecule has 0 spiro atoms. The van der Waals surface area contributed by atoms with E-state index in [1.807, 2.05) is 6.07 Å². The number of hydrogen-bond donors (Lipinski definition) is 0. The van der Waals surface area contributed by atoms with Gasteiger partial charge in [0, 0.05) is 12.2 Å². The van der Waals surface area contributed by atoms with Gasteiger partial charge in [-0.2, -0.15) is 0 Å². The molecule has 236 valence electrons. The van der Waals surface area contributed by atoms with Gasteiger partial charge in [0.05, 0.1) is 118 Å². The first kappa shape index (κ1) is 35.4. The first-order valence-corrected chi connectivity index (χ1v) is 14.1. The highest BCUT2D eigenvalue weighted by Gasteiger charge is 2.22. The number of imide groups is 1. The van der Waals surface area contributed by atoms with Gasteiger partial charge in [-0.3, -0.25) is 14.5 Å². The van der Waals surface area contributed by atoms with E-state index < -0.39 is 0 Å². The zero-order valence-corrected chi connectivity index (χ0v) is 24.1. The maximum absolute atomic E-state index is 11.8. The number of nitrogens with zero attached hydrogens (tertiary/aromatic N) is 1. The Kier molecular flexibility index (Phi) is 20.9. The fourth-order valence-electron chi connectivity index (χ4n) is 3.30. The van der Waals surface area contributed by atoms with Gasteiger partial charge in [0.15, 0.2) is 0 Å². The van der Waals surface area contributed by atoms with E-state index >= 15 is 0 Å². The Morgan fingerprint density at radius 3 is 1.19 bits per heavy atom. The molecule has 1 aromatic rings. The minimum Gasteiger partial charge on any atom is -0.460 e. The number of ether oxygens (including phenoxy) is 9. The predicted octanol–water partition coefficient (Wildman–Crippen LogP) is 0.901. The highest BCUT2D eigenvalue weighted by atomic mass is 16.6. The highest BCUT2D eigenvalue weighted by Crippen LogP contribution is 2.02. The molecule has 1 heterocycles. The third-order valence-corrected chi connectivity index (χ3v) is 5.43. The fraction of sp³-hybridized carbons (Fsp3) is 0.621. The minimum atomic E-state index is -0.363. The number of carbonyl (C=O) groups is 3. The van der Waals surface area contributed by atoms with E-state index in [2.05, 4.69) is 0 Å². The summed E-state index contributed by atoms with van der Waals surface area (Å²) in [6.07, 6.45) is 2.50. The van der Waals surface area contributed by atoms with Crippen molar-refractivity contribution in [2.75, 3.05) is 119 Å². The molecule has 0 saturated carbocycles. The molecule has 13 nitrogen and oxygen atoms in total. The molecule has 1 aromatic carbocycles. The topological polar surface area (TPSA) is 138 Å². The summed E-state index contributed by atoms with van der Waals surface area (Å²) in [6, 6.07) is 8.82. The fourth-order valence-corrected chi connectivity index (χ4v) is 3.30. The first-order chi connectivity index (χ1) is 20.7. The van der Waals surface area contributed by atoms with Crippen LogP contribution in [0.5, 0.6) is 0 Å². The van der Waals surface area contributed by atoms with Gasteiger partial charge < -0.3 is 42.6 Å². The van der Waals surface area contributed by atoms with E-state index in [1.54, 1.807) is 24.3 Å².